The van der Waals surface area contributed by atoms with Crippen molar-refractivity contribution in [3.8, 4) is 11.1 Å². The molecule has 5 heteroatoms. The summed E-state index contributed by atoms with van der Waals surface area (Å²) in [6.07, 6.45) is 3.54. The van der Waals surface area contributed by atoms with Crippen molar-refractivity contribution in [3.05, 3.63) is 65.9 Å². The van der Waals surface area contributed by atoms with E-state index in [1.165, 1.54) is 0 Å². The van der Waals surface area contributed by atoms with E-state index in [-0.39, 0.29) is 17.9 Å². The zero-order valence-corrected chi connectivity index (χ0v) is 19.4. The summed E-state index contributed by atoms with van der Waals surface area (Å²) in [7, 11) is 0. The van der Waals surface area contributed by atoms with Gasteiger partial charge in [-0.05, 0) is 48.4 Å². The number of benzene rings is 2. The van der Waals surface area contributed by atoms with Gasteiger partial charge in [0.1, 0.15) is 0 Å². The standard InChI is InChI=1S/C28H31N3O2/c1-18-23(28(20-9-4-3-5-10-20)22-12-6-7-13-25(22)29-18)15-27(33)30-26-14-8-11-21-16-31(19(2)32)17-24(21)26/h3-7,9-10,12-13,21,24,26H,8,11,14-17H2,1-2H3,(H,30,33). The number of aromatic nitrogens is 1. The van der Waals surface area contributed by atoms with Crippen LogP contribution >= 0.6 is 0 Å². The molecule has 2 aromatic carbocycles. The van der Waals surface area contributed by atoms with Crippen molar-refractivity contribution < 1.29 is 9.59 Å². The molecule has 3 aromatic rings. The third-order valence-corrected chi connectivity index (χ3v) is 7.49. The molecule has 0 spiro atoms. The molecule has 1 N–H and O–H groups in total. The van der Waals surface area contributed by atoms with E-state index in [1.807, 2.05) is 48.2 Å². The summed E-state index contributed by atoms with van der Waals surface area (Å²) in [5, 5.41) is 4.42. The first-order valence-electron chi connectivity index (χ1n) is 12.0. The monoisotopic (exact) mass is 441 g/mol. The third kappa shape index (κ3) is 4.24. The summed E-state index contributed by atoms with van der Waals surface area (Å²) in [5.74, 6) is 1.03. The highest BCUT2D eigenvalue weighted by atomic mass is 16.2. The number of pyridine rings is 1. The largest absolute Gasteiger partial charge is 0.353 e. The summed E-state index contributed by atoms with van der Waals surface area (Å²) in [6, 6.07) is 18.6. The fourth-order valence-electron chi connectivity index (χ4n) is 5.85. The summed E-state index contributed by atoms with van der Waals surface area (Å²) in [5.41, 5.74) is 5.03. The van der Waals surface area contributed by atoms with E-state index in [2.05, 4.69) is 23.5 Å². The molecule has 3 unspecified atom stereocenters. The molecule has 2 amide bonds. The summed E-state index contributed by atoms with van der Waals surface area (Å²) in [4.78, 5) is 32.0. The average molecular weight is 442 g/mol. The molecular weight excluding hydrogens is 410 g/mol. The average Bonchev–Trinajstić information content (AvgIpc) is 3.26. The number of nitrogens with one attached hydrogen (secondary N) is 1. The number of carbonyl (C=O) groups excluding carboxylic acids is 2. The highest BCUT2D eigenvalue weighted by Crippen LogP contribution is 2.37. The molecule has 1 aliphatic carbocycles. The number of amides is 2. The van der Waals surface area contributed by atoms with Gasteiger partial charge in [-0.15, -0.1) is 0 Å². The van der Waals surface area contributed by atoms with Gasteiger partial charge in [-0.1, -0.05) is 55.0 Å². The van der Waals surface area contributed by atoms with E-state index in [4.69, 9.17) is 4.98 Å². The molecule has 2 fully saturated rings. The van der Waals surface area contributed by atoms with Crippen LogP contribution in [0.15, 0.2) is 54.6 Å². The molecule has 1 saturated carbocycles. The Morgan fingerprint density at radius 2 is 1.79 bits per heavy atom. The number of para-hydroxylation sites is 1. The molecule has 0 radical (unpaired) electrons. The van der Waals surface area contributed by atoms with Gasteiger partial charge in [0.05, 0.1) is 11.9 Å². The second-order valence-corrected chi connectivity index (χ2v) is 9.56. The van der Waals surface area contributed by atoms with Crippen molar-refractivity contribution in [1.82, 2.24) is 15.2 Å². The predicted octanol–water partition coefficient (Wildman–Crippen LogP) is 4.52. The van der Waals surface area contributed by atoms with Gasteiger partial charge in [0, 0.05) is 43.1 Å². The smallest absolute Gasteiger partial charge is 0.224 e. The summed E-state index contributed by atoms with van der Waals surface area (Å²) < 4.78 is 0. The van der Waals surface area contributed by atoms with Crippen LogP contribution in [0.25, 0.3) is 22.0 Å². The predicted molar refractivity (Wildman–Crippen MR) is 131 cm³/mol. The Morgan fingerprint density at radius 3 is 2.58 bits per heavy atom. The summed E-state index contributed by atoms with van der Waals surface area (Å²) in [6.45, 7) is 5.24. The van der Waals surface area contributed by atoms with Crippen LogP contribution in [0.1, 0.15) is 37.4 Å². The van der Waals surface area contributed by atoms with Crippen molar-refractivity contribution in [2.45, 2.75) is 45.6 Å². The molecule has 2 aliphatic rings. The van der Waals surface area contributed by atoms with Gasteiger partial charge in [-0.3, -0.25) is 14.6 Å². The van der Waals surface area contributed by atoms with Crippen molar-refractivity contribution in [1.29, 1.82) is 0 Å². The molecule has 5 rings (SSSR count). The molecule has 1 aromatic heterocycles. The molecule has 0 bridgehead atoms. The molecule has 170 valence electrons. The number of hydrogen-bond acceptors (Lipinski definition) is 3. The van der Waals surface area contributed by atoms with Gasteiger partial charge in [-0.25, -0.2) is 0 Å². The Hall–Kier alpha value is -3.21. The van der Waals surface area contributed by atoms with Gasteiger partial charge < -0.3 is 10.2 Å². The Balaban J connectivity index is 1.43. The first-order chi connectivity index (χ1) is 16.0. The van der Waals surface area contributed by atoms with Gasteiger partial charge in [-0.2, -0.15) is 0 Å². The molecule has 1 aliphatic heterocycles. The minimum absolute atomic E-state index is 0.0410. The molecular formula is C28H31N3O2. The second-order valence-electron chi connectivity index (χ2n) is 9.56. The molecule has 33 heavy (non-hydrogen) atoms. The highest BCUT2D eigenvalue weighted by Gasteiger charge is 2.41. The lowest BCUT2D eigenvalue weighted by atomic mass is 9.78. The Bertz CT molecular complexity index is 1190. The number of rotatable bonds is 4. The lowest BCUT2D eigenvalue weighted by molar-refractivity contribution is -0.128. The van der Waals surface area contributed by atoms with Crippen LogP contribution in [0.2, 0.25) is 0 Å². The minimum Gasteiger partial charge on any atom is -0.353 e. The third-order valence-electron chi connectivity index (χ3n) is 7.49. The fraction of sp³-hybridized carbons (Fsp3) is 0.393. The van der Waals surface area contributed by atoms with E-state index in [0.717, 1.165) is 65.6 Å². The number of likely N-dealkylation sites (tertiary alicyclic amines) is 1. The number of hydrogen-bond donors (Lipinski definition) is 1. The van der Waals surface area contributed by atoms with E-state index in [9.17, 15) is 9.59 Å². The topological polar surface area (TPSA) is 62.3 Å². The molecule has 1 saturated heterocycles. The van der Waals surface area contributed by atoms with Gasteiger partial charge in [0.2, 0.25) is 11.8 Å². The van der Waals surface area contributed by atoms with Crippen LogP contribution < -0.4 is 5.32 Å². The number of aryl methyl sites for hydroxylation is 1. The maximum Gasteiger partial charge on any atom is 0.224 e. The van der Waals surface area contributed by atoms with Crippen molar-refractivity contribution >= 4 is 22.7 Å². The lowest BCUT2D eigenvalue weighted by Gasteiger charge is -2.33. The van der Waals surface area contributed by atoms with Crippen LogP contribution in [0.3, 0.4) is 0 Å². The number of fused-ring (bicyclic) bond motifs is 2. The summed E-state index contributed by atoms with van der Waals surface area (Å²) >= 11 is 0. The van der Waals surface area contributed by atoms with Crippen LogP contribution in [-0.2, 0) is 16.0 Å². The maximum absolute atomic E-state index is 13.3. The highest BCUT2D eigenvalue weighted by molar-refractivity contribution is 5.98. The van der Waals surface area contributed by atoms with Crippen molar-refractivity contribution in [2.24, 2.45) is 11.8 Å². The van der Waals surface area contributed by atoms with E-state index >= 15 is 0 Å². The second kappa shape index (κ2) is 8.97. The van der Waals surface area contributed by atoms with Gasteiger partial charge in [0.15, 0.2) is 0 Å². The Kier molecular flexibility index (Phi) is 5.88. The van der Waals surface area contributed by atoms with Crippen molar-refractivity contribution in [3.63, 3.8) is 0 Å². The van der Waals surface area contributed by atoms with E-state index in [0.29, 0.717) is 18.3 Å². The zero-order chi connectivity index (χ0) is 22.9. The quantitative estimate of drug-likeness (QED) is 0.648. The first kappa shape index (κ1) is 21.6. The fourth-order valence-corrected chi connectivity index (χ4v) is 5.85. The van der Waals surface area contributed by atoms with E-state index < -0.39 is 0 Å². The van der Waals surface area contributed by atoms with Crippen LogP contribution in [0.4, 0.5) is 0 Å². The number of nitrogens with zero attached hydrogens (tertiary/aromatic N) is 2. The Labute approximate surface area is 195 Å². The molecule has 3 atom stereocenters. The van der Waals surface area contributed by atoms with E-state index in [1.54, 1.807) is 6.92 Å². The number of carbonyl (C=O) groups is 2. The Morgan fingerprint density at radius 1 is 1.03 bits per heavy atom. The lowest BCUT2D eigenvalue weighted by Crippen LogP contribution is -2.46. The maximum atomic E-state index is 13.3. The normalized spacial score (nSPS) is 22.2. The molecule has 2 heterocycles. The SMILES string of the molecule is CC(=O)N1CC2CCCC(NC(=O)Cc3c(C)nc4ccccc4c3-c3ccccc3)C2C1. The van der Waals surface area contributed by atoms with Gasteiger partial charge in [0.25, 0.3) is 0 Å². The molecule has 5 nitrogen and oxygen atoms in total. The minimum atomic E-state index is 0.0410. The van der Waals surface area contributed by atoms with Crippen LogP contribution in [-0.4, -0.2) is 40.8 Å². The van der Waals surface area contributed by atoms with Crippen molar-refractivity contribution in [2.75, 3.05) is 13.1 Å². The van der Waals surface area contributed by atoms with Crippen LogP contribution in [0.5, 0.6) is 0 Å². The van der Waals surface area contributed by atoms with Gasteiger partial charge >= 0.3 is 0 Å². The zero-order valence-electron chi connectivity index (χ0n) is 19.4. The van der Waals surface area contributed by atoms with Crippen LogP contribution in [0, 0.1) is 18.8 Å². The first-order valence-corrected chi connectivity index (χ1v) is 12.0.